The maximum absolute atomic E-state index is 11.3. The molecule has 3 aromatic carbocycles. The summed E-state index contributed by atoms with van der Waals surface area (Å²) in [6.07, 6.45) is 3.33. The van der Waals surface area contributed by atoms with E-state index in [4.69, 9.17) is 23.2 Å². The highest BCUT2D eigenvalue weighted by Gasteiger charge is 2.20. The number of rotatable bonds is 6. The van der Waals surface area contributed by atoms with Gasteiger partial charge >= 0.3 is 0 Å². The van der Waals surface area contributed by atoms with Gasteiger partial charge in [0.2, 0.25) is 5.91 Å². The van der Waals surface area contributed by atoms with Crippen LogP contribution in [0.3, 0.4) is 0 Å². The number of hydrogen-bond donors (Lipinski definition) is 3. The number of amides is 1. The molecule has 162 valence electrons. The van der Waals surface area contributed by atoms with Gasteiger partial charge in [0, 0.05) is 47.1 Å². The molecule has 32 heavy (non-hydrogen) atoms. The Morgan fingerprint density at radius 2 is 1.88 bits per heavy atom. The Morgan fingerprint density at radius 1 is 1.03 bits per heavy atom. The zero-order valence-corrected chi connectivity index (χ0v) is 18.8. The Balaban J connectivity index is 1.38. The van der Waals surface area contributed by atoms with Crippen molar-refractivity contribution in [2.45, 2.75) is 25.4 Å². The van der Waals surface area contributed by atoms with Gasteiger partial charge in [0.25, 0.3) is 0 Å². The number of nitrogens with zero attached hydrogens (tertiary/aromatic N) is 1. The smallest absolute Gasteiger partial charge is 0.220 e. The van der Waals surface area contributed by atoms with Gasteiger partial charge in [0.15, 0.2) is 0 Å². The van der Waals surface area contributed by atoms with Gasteiger partial charge in [-0.15, -0.1) is 0 Å². The lowest BCUT2D eigenvalue weighted by molar-refractivity contribution is -0.119. The topological polar surface area (TPSA) is 69.8 Å². The summed E-state index contributed by atoms with van der Waals surface area (Å²) in [5.41, 5.74) is 5.84. The summed E-state index contributed by atoms with van der Waals surface area (Å²) < 4.78 is 0. The van der Waals surface area contributed by atoms with Gasteiger partial charge in [-0.3, -0.25) is 9.89 Å². The minimum Gasteiger partial charge on any atom is -0.352 e. The summed E-state index contributed by atoms with van der Waals surface area (Å²) in [6.45, 7) is 1.50. The van der Waals surface area contributed by atoms with Crippen LogP contribution in [0.2, 0.25) is 10.0 Å². The first-order chi connectivity index (χ1) is 15.6. The lowest BCUT2D eigenvalue weighted by atomic mass is 9.96. The molecule has 3 N–H and O–H groups in total. The van der Waals surface area contributed by atoms with Crippen LogP contribution in [0.15, 0.2) is 60.8 Å². The number of benzene rings is 3. The standard InChI is InChI=1S/C25H22Cl2N4O/c26-21-10-9-19(18-2-1-3-22-20(18)14-29-31-22)25(27)24(21)16-6-4-15(5-7-16)12-28-13-17-8-11-23(32)30-17/h1-7,9-10,14,17,28H,8,11-13H2,(H,29,31)(H,30,32)/t17-/m0/s1. The van der Waals surface area contributed by atoms with Crippen LogP contribution in [-0.2, 0) is 11.3 Å². The van der Waals surface area contributed by atoms with Crippen LogP contribution in [0.1, 0.15) is 18.4 Å². The zero-order chi connectivity index (χ0) is 22.1. The molecule has 2 heterocycles. The van der Waals surface area contributed by atoms with Crippen LogP contribution in [-0.4, -0.2) is 28.7 Å². The summed E-state index contributed by atoms with van der Waals surface area (Å²) in [7, 11) is 0. The molecule has 1 saturated heterocycles. The molecule has 1 aromatic heterocycles. The molecule has 0 aliphatic carbocycles. The Morgan fingerprint density at radius 3 is 2.66 bits per heavy atom. The number of aromatic nitrogens is 2. The Labute approximate surface area is 196 Å². The Hall–Kier alpha value is -2.86. The molecule has 0 radical (unpaired) electrons. The molecular weight excluding hydrogens is 443 g/mol. The highest BCUT2D eigenvalue weighted by molar-refractivity contribution is 6.41. The van der Waals surface area contributed by atoms with Gasteiger partial charge in [0.05, 0.1) is 16.7 Å². The first kappa shape index (κ1) is 21.0. The summed E-state index contributed by atoms with van der Waals surface area (Å²) >= 11 is 13.5. The largest absolute Gasteiger partial charge is 0.352 e. The Kier molecular flexibility index (Phi) is 5.87. The summed E-state index contributed by atoms with van der Waals surface area (Å²) in [4.78, 5) is 11.3. The molecule has 0 saturated carbocycles. The number of H-pyrrole nitrogens is 1. The molecule has 7 heteroatoms. The molecule has 1 amide bonds. The molecule has 0 spiro atoms. The molecular formula is C25H22Cl2N4O. The number of nitrogens with one attached hydrogen (secondary N) is 3. The number of carbonyl (C=O) groups is 1. The van der Waals surface area contributed by atoms with E-state index in [0.717, 1.165) is 58.2 Å². The van der Waals surface area contributed by atoms with Crippen molar-refractivity contribution in [1.29, 1.82) is 0 Å². The maximum atomic E-state index is 11.3. The quantitative estimate of drug-likeness (QED) is 0.349. The van der Waals surface area contributed by atoms with Crippen LogP contribution in [0.25, 0.3) is 33.2 Å². The van der Waals surface area contributed by atoms with Crippen LogP contribution in [0.5, 0.6) is 0 Å². The number of fused-ring (bicyclic) bond motifs is 1. The van der Waals surface area contributed by atoms with E-state index in [1.165, 1.54) is 0 Å². The average molecular weight is 465 g/mol. The SMILES string of the molecule is O=C1CC[C@@H](CNCc2ccc(-c3c(Cl)ccc(-c4cccc5[nH]ncc45)c3Cl)cc2)N1. The maximum Gasteiger partial charge on any atom is 0.220 e. The number of carbonyl (C=O) groups excluding carboxylic acids is 1. The van der Waals surface area contributed by atoms with Crippen molar-refractivity contribution < 1.29 is 4.79 Å². The van der Waals surface area contributed by atoms with Gasteiger partial charge in [0.1, 0.15) is 0 Å². The third-order valence-electron chi connectivity index (χ3n) is 5.91. The van der Waals surface area contributed by atoms with E-state index >= 15 is 0 Å². The van der Waals surface area contributed by atoms with E-state index in [9.17, 15) is 4.79 Å². The molecule has 1 aliphatic heterocycles. The third-order valence-corrected chi connectivity index (χ3v) is 6.62. The minimum atomic E-state index is 0.140. The molecule has 0 unspecified atom stereocenters. The molecule has 1 atom stereocenters. The number of aromatic amines is 1. The van der Waals surface area contributed by atoms with Gasteiger partial charge in [-0.05, 0) is 35.2 Å². The van der Waals surface area contributed by atoms with E-state index in [1.54, 1.807) is 0 Å². The molecule has 4 aromatic rings. The third kappa shape index (κ3) is 4.11. The van der Waals surface area contributed by atoms with Crippen molar-refractivity contribution in [3.05, 3.63) is 76.4 Å². The van der Waals surface area contributed by atoms with Crippen LogP contribution < -0.4 is 10.6 Å². The minimum absolute atomic E-state index is 0.140. The summed E-state index contributed by atoms with van der Waals surface area (Å²) in [6, 6.07) is 18.3. The Bertz CT molecular complexity index is 1280. The molecule has 5 rings (SSSR count). The predicted molar refractivity (Wildman–Crippen MR) is 130 cm³/mol. The van der Waals surface area contributed by atoms with Crippen LogP contribution in [0.4, 0.5) is 0 Å². The van der Waals surface area contributed by atoms with Gasteiger partial charge in [-0.1, -0.05) is 65.7 Å². The summed E-state index contributed by atoms with van der Waals surface area (Å²) in [5, 5.41) is 15.8. The van der Waals surface area contributed by atoms with Gasteiger partial charge in [-0.25, -0.2) is 0 Å². The second-order valence-corrected chi connectivity index (χ2v) is 8.84. The van der Waals surface area contributed by atoms with Crippen molar-refractivity contribution in [2.24, 2.45) is 0 Å². The van der Waals surface area contributed by atoms with Crippen molar-refractivity contribution in [1.82, 2.24) is 20.8 Å². The van der Waals surface area contributed by atoms with E-state index in [-0.39, 0.29) is 11.9 Å². The van der Waals surface area contributed by atoms with E-state index in [0.29, 0.717) is 16.5 Å². The normalized spacial score (nSPS) is 15.9. The fraction of sp³-hybridized carbons (Fsp3) is 0.200. The molecule has 1 aliphatic rings. The lowest BCUT2D eigenvalue weighted by Gasteiger charge is -2.14. The molecule has 1 fully saturated rings. The van der Waals surface area contributed by atoms with Crippen molar-refractivity contribution in [2.75, 3.05) is 6.54 Å². The zero-order valence-electron chi connectivity index (χ0n) is 17.3. The first-order valence-corrected chi connectivity index (χ1v) is 11.4. The fourth-order valence-corrected chi connectivity index (χ4v) is 4.93. The second-order valence-electron chi connectivity index (χ2n) is 8.05. The number of hydrogen-bond acceptors (Lipinski definition) is 3. The average Bonchev–Trinajstić information content (AvgIpc) is 3.44. The highest BCUT2D eigenvalue weighted by atomic mass is 35.5. The number of halogens is 2. The van der Waals surface area contributed by atoms with Crippen molar-refractivity contribution in [3.63, 3.8) is 0 Å². The van der Waals surface area contributed by atoms with Gasteiger partial charge < -0.3 is 10.6 Å². The summed E-state index contributed by atoms with van der Waals surface area (Å²) in [5.74, 6) is 0.140. The van der Waals surface area contributed by atoms with Crippen LogP contribution >= 0.6 is 23.2 Å². The second kappa shape index (κ2) is 8.94. The van der Waals surface area contributed by atoms with E-state index in [2.05, 4.69) is 33.0 Å². The lowest BCUT2D eigenvalue weighted by Crippen LogP contribution is -2.35. The molecule has 0 bridgehead atoms. The van der Waals surface area contributed by atoms with E-state index < -0.39 is 0 Å². The van der Waals surface area contributed by atoms with Gasteiger partial charge in [-0.2, -0.15) is 5.10 Å². The van der Waals surface area contributed by atoms with Crippen molar-refractivity contribution in [3.8, 4) is 22.3 Å². The van der Waals surface area contributed by atoms with E-state index in [1.807, 2.05) is 48.7 Å². The predicted octanol–water partition coefficient (Wildman–Crippen LogP) is 5.57. The first-order valence-electron chi connectivity index (χ1n) is 10.6. The van der Waals surface area contributed by atoms with Crippen LogP contribution in [0, 0.1) is 0 Å². The molecule has 5 nitrogen and oxygen atoms in total. The van der Waals surface area contributed by atoms with Crippen molar-refractivity contribution >= 4 is 40.0 Å². The highest BCUT2D eigenvalue weighted by Crippen LogP contribution is 2.42. The fourth-order valence-electron chi connectivity index (χ4n) is 4.24. The monoisotopic (exact) mass is 464 g/mol.